The molecule has 0 bridgehead atoms. The van der Waals surface area contributed by atoms with E-state index in [0.717, 1.165) is 4.90 Å². The summed E-state index contributed by atoms with van der Waals surface area (Å²) in [7, 11) is 1.17. The van der Waals surface area contributed by atoms with Gasteiger partial charge in [0.15, 0.2) is 18.4 Å². The Kier molecular flexibility index (Phi) is 8.56. The lowest BCUT2D eigenvalue weighted by molar-refractivity contribution is -0.277. The van der Waals surface area contributed by atoms with Crippen LogP contribution in [0.25, 0.3) is 0 Å². The minimum absolute atomic E-state index is 0.149. The number of hydrogen-bond acceptors (Lipinski definition) is 9. The van der Waals surface area contributed by atoms with Crippen molar-refractivity contribution in [2.75, 3.05) is 13.7 Å². The highest BCUT2D eigenvalue weighted by molar-refractivity contribution is 6.04. The summed E-state index contributed by atoms with van der Waals surface area (Å²) in [4.78, 5) is 69.3. The highest BCUT2D eigenvalue weighted by Gasteiger charge is 2.82. The molecule has 256 valence electrons. The molecule has 11 nitrogen and oxygen atoms in total. The SMILES string of the molecule is CN1C(=O)N([C@@H]2O[C@H](COC(=O)c3ccccc3)[C@@H](OC(=O)c3ccccc3)[C@H]2OC(=O)c2ccccc2)[C@H]2C(C)(C)C(C)(C)[C@@]2(F)C1=O. The minimum Gasteiger partial charge on any atom is -0.459 e. The monoisotopic (exact) mass is 672 g/mol. The highest BCUT2D eigenvalue weighted by atomic mass is 19.1. The van der Waals surface area contributed by atoms with Crippen LogP contribution in [0.1, 0.15) is 58.8 Å². The maximum atomic E-state index is 17.2. The van der Waals surface area contributed by atoms with E-state index in [4.69, 9.17) is 18.9 Å². The number of rotatable bonds is 8. The van der Waals surface area contributed by atoms with Crippen LogP contribution in [0.5, 0.6) is 0 Å². The zero-order chi connectivity index (χ0) is 35.3. The Morgan fingerprint density at radius 2 is 1.18 bits per heavy atom. The van der Waals surface area contributed by atoms with Crippen molar-refractivity contribution in [2.45, 2.75) is 63.9 Å². The third-order valence-corrected chi connectivity index (χ3v) is 10.4. The van der Waals surface area contributed by atoms with Gasteiger partial charge in [-0.2, -0.15) is 0 Å². The summed E-state index contributed by atoms with van der Waals surface area (Å²) in [6.07, 6.45) is -5.86. The molecule has 0 radical (unpaired) electrons. The van der Waals surface area contributed by atoms with Crippen LogP contribution >= 0.6 is 0 Å². The number of halogens is 1. The van der Waals surface area contributed by atoms with E-state index in [9.17, 15) is 24.0 Å². The molecule has 12 heteroatoms. The van der Waals surface area contributed by atoms with Crippen molar-refractivity contribution in [3.63, 3.8) is 0 Å². The number of hydrogen-bond donors (Lipinski definition) is 0. The molecule has 2 aliphatic heterocycles. The molecule has 3 aromatic rings. The second-order valence-corrected chi connectivity index (χ2v) is 13.5. The quantitative estimate of drug-likeness (QED) is 0.238. The first-order valence-corrected chi connectivity index (χ1v) is 15.9. The van der Waals surface area contributed by atoms with E-state index >= 15 is 4.39 Å². The van der Waals surface area contributed by atoms with Crippen LogP contribution in [-0.4, -0.2) is 89.6 Å². The number of esters is 3. The van der Waals surface area contributed by atoms with Gasteiger partial charge in [-0.3, -0.25) is 14.6 Å². The molecular weight excluding hydrogens is 635 g/mol. The van der Waals surface area contributed by atoms with Gasteiger partial charge in [0.05, 0.1) is 22.7 Å². The molecule has 0 spiro atoms. The van der Waals surface area contributed by atoms with Gasteiger partial charge in [-0.15, -0.1) is 0 Å². The first-order chi connectivity index (χ1) is 23.2. The first kappa shape index (κ1) is 33.8. The Bertz CT molecular complexity index is 1770. The van der Waals surface area contributed by atoms with E-state index < -0.39 is 83.5 Å². The van der Waals surface area contributed by atoms with Crippen LogP contribution in [0.3, 0.4) is 0 Å². The van der Waals surface area contributed by atoms with Crippen LogP contribution in [0, 0.1) is 10.8 Å². The normalized spacial score (nSPS) is 28.2. The molecule has 3 amide bonds. The molecule has 49 heavy (non-hydrogen) atoms. The Labute approximate surface area is 282 Å². The average Bonchev–Trinajstić information content (AvgIpc) is 3.43. The molecule has 1 saturated carbocycles. The van der Waals surface area contributed by atoms with Crippen molar-refractivity contribution < 1.29 is 47.3 Å². The number of ether oxygens (including phenoxy) is 4. The van der Waals surface area contributed by atoms with E-state index in [-0.39, 0.29) is 16.7 Å². The molecular formula is C37H37FN2O9. The number of urea groups is 1. The predicted octanol–water partition coefficient (Wildman–Crippen LogP) is 5.06. The summed E-state index contributed by atoms with van der Waals surface area (Å²) < 4.78 is 41.1. The van der Waals surface area contributed by atoms with E-state index in [1.807, 2.05) is 0 Å². The van der Waals surface area contributed by atoms with Crippen molar-refractivity contribution in [1.82, 2.24) is 9.80 Å². The molecule has 6 rings (SSSR count). The molecule has 1 aliphatic carbocycles. The molecule has 3 aliphatic rings. The molecule has 2 saturated heterocycles. The number of nitrogens with zero attached hydrogens (tertiary/aromatic N) is 2. The number of imide groups is 1. The topological polar surface area (TPSA) is 129 Å². The van der Waals surface area contributed by atoms with Gasteiger partial charge in [0, 0.05) is 12.5 Å². The summed E-state index contributed by atoms with van der Waals surface area (Å²) in [6, 6.07) is 21.9. The second kappa shape index (κ2) is 12.4. The third-order valence-electron chi connectivity index (χ3n) is 10.4. The summed E-state index contributed by atoms with van der Waals surface area (Å²) in [5.74, 6) is -3.35. The smallest absolute Gasteiger partial charge is 0.338 e. The fourth-order valence-electron chi connectivity index (χ4n) is 7.05. The number of benzene rings is 3. The maximum absolute atomic E-state index is 17.2. The van der Waals surface area contributed by atoms with E-state index in [1.54, 1.807) is 94.4 Å². The van der Waals surface area contributed by atoms with Crippen LogP contribution in [0.2, 0.25) is 0 Å². The van der Waals surface area contributed by atoms with Gasteiger partial charge in [0.2, 0.25) is 5.67 Å². The van der Waals surface area contributed by atoms with Gasteiger partial charge >= 0.3 is 23.9 Å². The Hall–Kier alpha value is -5.10. The average molecular weight is 673 g/mol. The zero-order valence-electron chi connectivity index (χ0n) is 27.7. The maximum Gasteiger partial charge on any atom is 0.338 e. The van der Waals surface area contributed by atoms with Gasteiger partial charge in [0.25, 0.3) is 5.91 Å². The molecule has 6 atom stereocenters. The van der Waals surface area contributed by atoms with Crippen LogP contribution < -0.4 is 0 Å². The fourth-order valence-corrected chi connectivity index (χ4v) is 7.05. The summed E-state index contributed by atoms with van der Waals surface area (Å²) in [5, 5.41) is 0. The Morgan fingerprint density at radius 3 is 1.67 bits per heavy atom. The second-order valence-electron chi connectivity index (χ2n) is 13.5. The van der Waals surface area contributed by atoms with Crippen LogP contribution in [-0.2, 0) is 23.7 Å². The third kappa shape index (κ3) is 5.34. The van der Waals surface area contributed by atoms with Gasteiger partial charge < -0.3 is 18.9 Å². The molecule has 3 fully saturated rings. The predicted molar refractivity (Wildman–Crippen MR) is 172 cm³/mol. The number of fused-ring (bicyclic) bond motifs is 1. The van der Waals surface area contributed by atoms with E-state index in [2.05, 4.69) is 0 Å². The van der Waals surface area contributed by atoms with Gasteiger partial charge in [-0.05, 0) is 41.8 Å². The fraction of sp³-hybridized carbons (Fsp3) is 0.378. The zero-order valence-corrected chi connectivity index (χ0v) is 27.7. The largest absolute Gasteiger partial charge is 0.459 e. The lowest BCUT2D eigenvalue weighted by Gasteiger charge is -2.71. The Balaban J connectivity index is 1.42. The van der Waals surface area contributed by atoms with Crippen molar-refractivity contribution in [1.29, 1.82) is 0 Å². The number of alkyl halides is 1. The van der Waals surface area contributed by atoms with Gasteiger partial charge in [-0.25, -0.2) is 23.6 Å². The van der Waals surface area contributed by atoms with Gasteiger partial charge in [0.1, 0.15) is 12.7 Å². The van der Waals surface area contributed by atoms with E-state index in [0.29, 0.717) is 4.90 Å². The number of carbonyl (C=O) groups is 5. The van der Waals surface area contributed by atoms with E-state index in [1.165, 1.54) is 31.3 Å². The summed E-state index contributed by atoms with van der Waals surface area (Å²) in [6.45, 7) is 6.21. The van der Waals surface area contributed by atoms with Crippen LogP contribution in [0.4, 0.5) is 9.18 Å². The number of amides is 3. The summed E-state index contributed by atoms with van der Waals surface area (Å²) >= 11 is 0. The van der Waals surface area contributed by atoms with Crippen molar-refractivity contribution >= 4 is 29.8 Å². The molecule has 2 heterocycles. The van der Waals surface area contributed by atoms with Crippen molar-refractivity contribution in [2.24, 2.45) is 10.8 Å². The standard InChI is InChI=1S/C37H37FN2O9/c1-35(2)32-37(38,36(35,3)4)33(44)39(5)34(45)40(32)28-27(49-31(43)24-19-13-8-14-20-24)26(48-30(42)23-17-11-7-12-18-23)25(47-28)21-46-29(41)22-15-9-6-10-16-22/h6-20,25-28,32H,21H2,1-5H3/t25-,26-,27-,28-,32+,37+/m1/s1. The molecule has 0 N–H and O–H groups in total. The molecule has 0 unspecified atom stereocenters. The Morgan fingerprint density at radius 1 is 0.735 bits per heavy atom. The highest BCUT2D eigenvalue weighted by Crippen LogP contribution is 2.68. The molecule has 3 aromatic carbocycles. The lowest BCUT2D eigenvalue weighted by atomic mass is 9.40. The van der Waals surface area contributed by atoms with Gasteiger partial charge in [-0.1, -0.05) is 82.3 Å². The minimum atomic E-state index is -2.54. The first-order valence-electron chi connectivity index (χ1n) is 15.9. The summed E-state index contributed by atoms with van der Waals surface area (Å²) in [5.41, 5.74) is -4.19. The number of carbonyl (C=O) groups excluding carboxylic acids is 5. The lowest BCUT2D eigenvalue weighted by Crippen LogP contribution is -2.88. The van der Waals surface area contributed by atoms with Crippen molar-refractivity contribution in [3.8, 4) is 0 Å². The molecule has 0 aromatic heterocycles. The van der Waals surface area contributed by atoms with Crippen LogP contribution in [0.15, 0.2) is 91.0 Å². The van der Waals surface area contributed by atoms with Crippen molar-refractivity contribution in [3.05, 3.63) is 108 Å².